The maximum Gasteiger partial charge on any atom is 0.0616 e. The van der Waals surface area contributed by atoms with Crippen molar-refractivity contribution < 1.29 is 4.74 Å². The summed E-state index contributed by atoms with van der Waals surface area (Å²) in [6.07, 6.45) is 3.59. The molecule has 0 fully saturated rings. The zero-order valence-corrected chi connectivity index (χ0v) is 8.73. The number of hydrogen-bond acceptors (Lipinski definition) is 2. The molecule has 0 bridgehead atoms. The molecule has 1 atom stereocenters. The molecule has 12 heavy (non-hydrogen) atoms. The van der Waals surface area contributed by atoms with Crippen molar-refractivity contribution >= 4 is 0 Å². The Balaban J connectivity index is 3.02. The molecule has 1 N–H and O–H groups in total. The van der Waals surface area contributed by atoms with E-state index in [2.05, 4.69) is 26.1 Å². The van der Waals surface area contributed by atoms with Gasteiger partial charge in [-0.05, 0) is 26.3 Å². The van der Waals surface area contributed by atoms with E-state index in [4.69, 9.17) is 4.74 Å². The average molecular weight is 173 g/mol. The third-order valence-electron chi connectivity index (χ3n) is 1.75. The summed E-state index contributed by atoms with van der Waals surface area (Å²) in [6, 6.07) is 0.502. The summed E-state index contributed by atoms with van der Waals surface area (Å²) in [6.45, 7) is 9.38. The summed E-state index contributed by atoms with van der Waals surface area (Å²) in [7, 11) is 0. The Morgan fingerprint density at radius 2 is 2.00 bits per heavy atom. The number of unbranched alkanes of at least 4 members (excludes halogenated alkanes) is 1. The van der Waals surface area contributed by atoms with Gasteiger partial charge >= 0.3 is 0 Å². The molecule has 1 unspecified atom stereocenters. The lowest BCUT2D eigenvalue weighted by Gasteiger charge is -2.12. The van der Waals surface area contributed by atoms with E-state index in [-0.39, 0.29) is 0 Å². The molecule has 0 aliphatic heterocycles. The van der Waals surface area contributed by atoms with Gasteiger partial charge in [0.1, 0.15) is 0 Å². The van der Waals surface area contributed by atoms with Crippen molar-refractivity contribution in [2.45, 2.75) is 46.1 Å². The second-order valence-corrected chi connectivity index (χ2v) is 3.28. The van der Waals surface area contributed by atoms with Gasteiger partial charge in [-0.1, -0.05) is 20.3 Å². The van der Waals surface area contributed by atoms with Gasteiger partial charge in [0, 0.05) is 12.6 Å². The lowest BCUT2D eigenvalue weighted by atomic mass is 10.3. The third kappa shape index (κ3) is 8.02. The van der Waals surface area contributed by atoms with Crippen LogP contribution in [0.3, 0.4) is 0 Å². The molecule has 0 saturated heterocycles. The number of rotatable bonds is 8. The predicted molar refractivity (Wildman–Crippen MR) is 53.5 cm³/mol. The maximum absolute atomic E-state index is 5.47. The minimum Gasteiger partial charge on any atom is -0.380 e. The second kappa shape index (κ2) is 9.01. The monoisotopic (exact) mass is 173 g/mol. The number of ether oxygens (including phenoxy) is 1. The fourth-order valence-electron chi connectivity index (χ4n) is 0.956. The highest BCUT2D eigenvalue weighted by Gasteiger charge is 1.98. The fourth-order valence-corrected chi connectivity index (χ4v) is 0.956. The van der Waals surface area contributed by atoms with Crippen LogP contribution in [0.5, 0.6) is 0 Å². The van der Waals surface area contributed by atoms with Gasteiger partial charge in [-0.3, -0.25) is 0 Å². The van der Waals surface area contributed by atoms with Crippen LogP contribution in [-0.4, -0.2) is 25.8 Å². The van der Waals surface area contributed by atoms with Crippen molar-refractivity contribution in [3.05, 3.63) is 0 Å². The highest BCUT2D eigenvalue weighted by atomic mass is 16.5. The molecule has 0 aromatic heterocycles. The van der Waals surface area contributed by atoms with Crippen molar-refractivity contribution in [1.82, 2.24) is 5.32 Å². The van der Waals surface area contributed by atoms with Gasteiger partial charge in [0.15, 0.2) is 0 Å². The Morgan fingerprint density at radius 1 is 1.25 bits per heavy atom. The summed E-state index contributed by atoms with van der Waals surface area (Å²) in [5.41, 5.74) is 0. The van der Waals surface area contributed by atoms with Crippen LogP contribution in [0.15, 0.2) is 0 Å². The minimum atomic E-state index is 0.502. The average Bonchev–Trinajstić information content (AvgIpc) is 2.09. The van der Waals surface area contributed by atoms with Crippen molar-refractivity contribution in [3.8, 4) is 0 Å². The van der Waals surface area contributed by atoms with Crippen LogP contribution < -0.4 is 5.32 Å². The molecule has 0 spiro atoms. The van der Waals surface area contributed by atoms with Crippen LogP contribution >= 0.6 is 0 Å². The van der Waals surface area contributed by atoms with Crippen LogP contribution in [0.2, 0.25) is 0 Å². The van der Waals surface area contributed by atoms with Gasteiger partial charge in [0.05, 0.1) is 6.61 Å². The van der Waals surface area contributed by atoms with Crippen molar-refractivity contribution in [2.24, 2.45) is 0 Å². The highest BCUT2D eigenvalue weighted by Crippen LogP contribution is 1.90. The summed E-state index contributed by atoms with van der Waals surface area (Å²) in [4.78, 5) is 0. The van der Waals surface area contributed by atoms with Crippen molar-refractivity contribution in [2.75, 3.05) is 19.8 Å². The zero-order chi connectivity index (χ0) is 9.23. The van der Waals surface area contributed by atoms with Gasteiger partial charge in [-0.15, -0.1) is 0 Å². The molecule has 2 heteroatoms. The first-order valence-electron chi connectivity index (χ1n) is 5.12. The van der Waals surface area contributed by atoms with Crippen LogP contribution in [0.1, 0.15) is 40.0 Å². The Morgan fingerprint density at radius 3 is 2.58 bits per heavy atom. The summed E-state index contributed by atoms with van der Waals surface area (Å²) in [5, 5.41) is 3.38. The first kappa shape index (κ1) is 11.9. The summed E-state index contributed by atoms with van der Waals surface area (Å²) in [5.74, 6) is 0. The third-order valence-corrected chi connectivity index (χ3v) is 1.75. The lowest BCUT2D eigenvalue weighted by Crippen LogP contribution is -2.31. The van der Waals surface area contributed by atoms with Crippen LogP contribution in [-0.2, 0) is 4.74 Å². The van der Waals surface area contributed by atoms with Gasteiger partial charge < -0.3 is 10.1 Å². The predicted octanol–water partition coefficient (Wildman–Crippen LogP) is 2.19. The first-order valence-corrected chi connectivity index (χ1v) is 5.12. The topological polar surface area (TPSA) is 21.3 Å². The SMILES string of the molecule is CCCCOCC(C)NCCC. The van der Waals surface area contributed by atoms with E-state index in [9.17, 15) is 0 Å². The molecule has 74 valence electrons. The maximum atomic E-state index is 5.47. The number of nitrogens with one attached hydrogen (secondary N) is 1. The van der Waals surface area contributed by atoms with E-state index >= 15 is 0 Å². The molecule has 0 saturated carbocycles. The van der Waals surface area contributed by atoms with Gasteiger partial charge in [-0.25, -0.2) is 0 Å². The van der Waals surface area contributed by atoms with Gasteiger partial charge in [0.25, 0.3) is 0 Å². The van der Waals surface area contributed by atoms with Gasteiger partial charge in [0.2, 0.25) is 0 Å². The molecule has 0 heterocycles. The summed E-state index contributed by atoms with van der Waals surface area (Å²) >= 11 is 0. The van der Waals surface area contributed by atoms with Crippen molar-refractivity contribution in [3.63, 3.8) is 0 Å². The molecule has 0 aliphatic rings. The van der Waals surface area contributed by atoms with E-state index in [0.717, 1.165) is 19.8 Å². The molecular formula is C10H23NO. The van der Waals surface area contributed by atoms with E-state index < -0.39 is 0 Å². The Kier molecular flexibility index (Phi) is 8.95. The van der Waals surface area contributed by atoms with Crippen LogP contribution in [0.25, 0.3) is 0 Å². The molecule has 0 amide bonds. The standard InChI is InChI=1S/C10H23NO/c1-4-6-8-12-9-10(3)11-7-5-2/h10-11H,4-9H2,1-3H3. The Labute approximate surface area is 76.7 Å². The molecule has 0 aromatic carbocycles. The quantitative estimate of drug-likeness (QED) is 0.568. The minimum absolute atomic E-state index is 0.502. The molecule has 0 rings (SSSR count). The second-order valence-electron chi connectivity index (χ2n) is 3.28. The molecule has 2 nitrogen and oxygen atoms in total. The zero-order valence-electron chi connectivity index (χ0n) is 8.73. The molecule has 0 radical (unpaired) electrons. The van der Waals surface area contributed by atoms with Gasteiger partial charge in [-0.2, -0.15) is 0 Å². The van der Waals surface area contributed by atoms with E-state index in [1.54, 1.807) is 0 Å². The molecular weight excluding hydrogens is 150 g/mol. The smallest absolute Gasteiger partial charge is 0.0616 e. The van der Waals surface area contributed by atoms with Crippen LogP contribution in [0.4, 0.5) is 0 Å². The lowest BCUT2D eigenvalue weighted by molar-refractivity contribution is 0.113. The first-order chi connectivity index (χ1) is 5.81. The fraction of sp³-hybridized carbons (Fsp3) is 1.00. The largest absolute Gasteiger partial charge is 0.380 e. The van der Waals surface area contributed by atoms with Crippen molar-refractivity contribution in [1.29, 1.82) is 0 Å². The van der Waals surface area contributed by atoms with E-state index in [0.29, 0.717) is 6.04 Å². The normalized spacial score (nSPS) is 13.2. The van der Waals surface area contributed by atoms with E-state index in [1.165, 1.54) is 19.3 Å². The Bertz CT molecular complexity index is 85.9. The molecule has 0 aliphatic carbocycles. The highest BCUT2D eigenvalue weighted by molar-refractivity contribution is 4.57. The Hall–Kier alpha value is -0.0800. The van der Waals surface area contributed by atoms with Crippen LogP contribution in [0, 0.1) is 0 Å². The summed E-state index contributed by atoms with van der Waals surface area (Å²) < 4.78 is 5.47. The number of hydrogen-bond donors (Lipinski definition) is 1. The van der Waals surface area contributed by atoms with E-state index in [1.807, 2.05) is 0 Å². The molecule has 0 aromatic rings.